The predicted octanol–water partition coefficient (Wildman–Crippen LogP) is 1.53. The van der Waals surface area contributed by atoms with Crippen LogP contribution in [0.2, 0.25) is 0 Å². The fourth-order valence-electron chi connectivity index (χ4n) is 2.29. The minimum atomic E-state index is -2.92. The molecule has 1 aromatic rings. The van der Waals surface area contributed by atoms with Gasteiger partial charge in [-0.15, -0.1) is 0 Å². The van der Waals surface area contributed by atoms with Gasteiger partial charge in [-0.05, 0) is 36.9 Å². The van der Waals surface area contributed by atoms with Crippen molar-refractivity contribution in [1.82, 2.24) is 5.32 Å². The third-order valence-electron chi connectivity index (χ3n) is 3.10. The molecule has 1 atom stereocenters. The van der Waals surface area contributed by atoms with E-state index in [1.54, 1.807) is 0 Å². The molecule has 0 amide bonds. The van der Waals surface area contributed by atoms with Crippen LogP contribution < -0.4 is 5.32 Å². The highest BCUT2D eigenvalue weighted by Gasteiger charge is 2.14. The van der Waals surface area contributed by atoms with E-state index in [0.717, 1.165) is 18.5 Å². The summed E-state index contributed by atoms with van der Waals surface area (Å²) in [5.74, 6) is 0.134. The Labute approximate surface area is 103 Å². The summed E-state index contributed by atoms with van der Waals surface area (Å²) in [6, 6.07) is 8.52. The number of hydrogen-bond acceptors (Lipinski definition) is 3. The van der Waals surface area contributed by atoms with Crippen molar-refractivity contribution >= 4 is 9.84 Å². The zero-order valence-corrected chi connectivity index (χ0v) is 11.0. The molecule has 0 radical (unpaired) electrons. The molecule has 1 heterocycles. The summed E-state index contributed by atoms with van der Waals surface area (Å²) in [5.41, 5.74) is 2.15. The molecule has 1 unspecified atom stereocenters. The van der Waals surface area contributed by atoms with Gasteiger partial charge in [-0.25, -0.2) is 8.42 Å². The minimum Gasteiger partial charge on any atom is -0.314 e. The van der Waals surface area contributed by atoms with Crippen LogP contribution in [0, 0.1) is 0 Å². The summed E-state index contributed by atoms with van der Waals surface area (Å²) < 4.78 is 22.3. The van der Waals surface area contributed by atoms with Crippen LogP contribution in [0.3, 0.4) is 0 Å². The van der Waals surface area contributed by atoms with E-state index in [-0.39, 0.29) is 5.75 Å². The first-order valence-corrected chi connectivity index (χ1v) is 8.08. The summed E-state index contributed by atoms with van der Waals surface area (Å²) in [7, 11) is -2.92. The van der Waals surface area contributed by atoms with Gasteiger partial charge < -0.3 is 5.32 Å². The van der Waals surface area contributed by atoms with Gasteiger partial charge in [0.1, 0.15) is 0 Å². The summed E-state index contributed by atoms with van der Waals surface area (Å²) in [6.07, 6.45) is 4.81. The molecule has 1 aliphatic rings. The van der Waals surface area contributed by atoms with Crippen LogP contribution in [-0.4, -0.2) is 27.3 Å². The van der Waals surface area contributed by atoms with Crippen LogP contribution >= 0.6 is 0 Å². The highest BCUT2D eigenvalue weighted by atomic mass is 32.2. The number of nitrogens with one attached hydrogen (secondary N) is 1. The van der Waals surface area contributed by atoms with Gasteiger partial charge in [0.05, 0.1) is 5.75 Å². The summed E-state index contributed by atoms with van der Waals surface area (Å²) in [5, 5.41) is 3.46. The molecular formula is C13H19NO2S. The molecule has 94 valence electrons. The second-order valence-corrected chi connectivity index (χ2v) is 7.02. The smallest absolute Gasteiger partial charge is 0.151 e. The van der Waals surface area contributed by atoms with E-state index in [2.05, 4.69) is 5.32 Å². The molecule has 3 nitrogen and oxygen atoms in total. The Kier molecular flexibility index (Phi) is 3.84. The third-order valence-corrected chi connectivity index (χ3v) is 3.95. The maximum absolute atomic E-state index is 11.2. The topological polar surface area (TPSA) is 46.2 Å². The zero-order chi connectivity index (χ0) is 12.3. The second kappa shape index (κ2) is 5.19. The SMILES string of the molecule is CS(=O)(=O)Cc1ccc(CC2CCCN2)cc1. The Morgan fingerprint density at radius 3 is 2.41 bits per heavy atom. The van der Waals surface area contributed by atoms with Crippen molar-refractivity contribution in [2.75, 3.05) is 12.8 Å². The number of sulfone groups is 1. The van der Waals surface area contributed by atoms with E-state index in [9.17, 15) is 8.42 Å². The Morgan fingerprint density at radius 2 is 1.88 bits per heavy atom. The van der Waals surface area contributed by atoms with Crippen molar-refractivity contribution in [2.45, 2.75) is 31.1 Å². The number of rotatable bonds is 4. The van der Waals surface area contributed by atoms with Crippen LogP contribution in [0.15, 0.2) is 24.3 Å². The van der Waals surface area contributed by atoms with E-state index in [0.29, 0.717) is 6.04 Å². The van der Waals surface area contributed by atoms with Gasteiger partial charge >= 0.3 is 0 Å². The molecule has 1 saturated heterocycles. The maximum Gasteiger partial charge on any atom is 0.151 e. The quantitative estimate of drug-likeness (QED) is 0.885. The van der Waals surface area contributed by atoms with Crippen LogP contribution in [0.5, 0.6) is 0 Å². The molecule has 0 spiro atoms. The molecule has 4 heteroatoms. The molecule has 1 aromatic carbocycles. The summed E-state index contributed by atoms with van der Waals surface area (Å²) in [4.78, 5) is 0. The largest absolute Gasteiger partial charge is 0.314 e. The van der Waals surface area contributed by atoms with Crippen molar-refractivity contribution in [2.24, 2.45) is 0 Å². The Bertz CT molecular complexity index is 459. The zero-order valence-electron chi connectivity index (χ0n) is 10.1. The fourth-order valence-corrected chi connectivity index (χ4v) is 3.09. The van der Waals surface area contributed by atoms with E-state index in [1.807, 2.05) is 24.3 Å². The first-order chi connectivity index (χ1) is 8.03. The lowest BCUT2D eigenvalue weighted by molar-refractivity contribution is 0.600. The Balaban J connectivity index is 1.97. The number of benzene rings is 1. The lowest BCUT2D eigenvalue weighted by Crippen LogP contribution is -2.23. The molecule has 0 bridgehead atoms. The minimum absolute atomic E-state index is 0.134. The summed E-state index contributed by atoms with van der Waals surface area (Å²) in [6.45, 7) is 1.12. The van der Waals surface area contributed by atoms with Crippen LogP contribution in [-0.2, 0) is 22.0 Å². The van der Waals surface area contributed by atoms with E-state index in [1.165, 1.54) is 24.7 Å². The van der Waals surface area contributed by atoms with Crippen molar-refractivity contribution in [1.29, 1.82) is 0 Å². The van der Waals surface area contributed by atoms with Gasteiger partial charge in [0, 0.05) is 12.3 Å². The lowest BCUT2D eigenvalue weighted by atomic mass is 10.0. The highest BCUT2D eigenvalue weighted by Crippen LogP contribution is 2.14. The molecule has 0 saturated carbocycles. The average Bonchev–Trinajstić information content (AvgIpc) is 2.71. The van der Waals surface area contributed by atoms with Gasteiger partial charge in [0.15, 0.2) is 9.84 Å². The van der Waals surface area contributed by atoms with E-state index < -0.39 is 9.84 Å². The molecule has 1 fully saturated rings. The fraction of sp³-hybridized carbons (Fsp3) is 0.538. The van der Waals surface area contributed by atoms with Crippen molar-refractivity contribution in [3.63, 3.8) is 0 Å². The van der Waals surface area contributed by atoms with Gasteiger partial charge in [-0.1, -0.05) is 24.3 Å². The van der Waals surface area contributed by atoms with Gasteiger partial charge in [0.25, 0.3) is 0 Å². The molecule has 0 aromatic heterocycles. The second-order valence-electron chi connectivity index (χ2n) is 4.88. The van der Waals surface area contributed by atoms with Crippen LogP contribution in [0.4, 0.5) is 0 Å². The van der Waals surface area contributed by atoms with Crippen LogP contribution in [0.25, 0.3) is 0 Å². The van der Waals surface area contributed by atoms with E-state index in [4.69, 9.17) is 0 Å². The van der Waals surface area contributed by atoms with Gasteiger partial charge in [-0.3, -0.25) is 0 Å². The van der Waals surface area contributed by atoms with Crippen molar-refractivity contribution in [3.05, 3.63) is 35.4 Å². The third kappa shape index (κ3) is 4.13. The standard InChI is InChI=1S/C13H19NO2S/c1-17(15,16)10-12-6-4-11(5-7-12)9-13-3-2-8-14-13/h4-7,13-14H,2-3,8-10H2,1H3. The van der Waals surface area contributed by atoms with Gasteiger partial charge in [-0.2, -0.15) is 0 Å². The maximum atomic E-state index is 11.2. The highest BCUT2D eigenvalue weighted by molar-refractivity contribution is 7.89. The van der Waals surface area contributed by atoms with Crippen LogP contribution in [0.1, 0.15) is 24.0 Å². The lowest BCUT2D eigenvalue weighted by Gasteiger charge is -2.10. The Hall–Kier alpha value is -0.870. The first-order valence-electron chi connectivity index (χ1n) is 6.02. The molecule has 1 aliphatic heterocycles. The Morgan fingerprint density at radius 1 is 1.24 bits per heavy atom. The van der Waals surface area contributed by atoms with Crippen molar-refractivity contribution in [3.8, 4) is 0 Å². The molecule has 17 heavy (non-hydrogen) atoms. The monoisotopic (exact) mass is 253 g/mol. The van der Waals surface area contributed by atoms with Crippen molar-refractivity contribution < 1.29 is 8.42 Å². The van der Waals surface area contributed by atoms with E-state index >= 15 is 0 Å². The molecule has 0 aliphatic carbocycles. The normalized spacial score (nSPS) is 20.6. The molecular weight excluding hydrogens is 234 g/mol. The van der Waals surface area contributed by atoms with Gasteiger partial charge in [0.2, 0.25) is 0 Å². The molecule has 1 N–H and O–H groups in total. The average molecular weight is 253 g/mol. The number of hydrogen-bond donors (Lipinski definition) is 1. The predicted molar refractivity (Wildman–Crippen MR) is 69.7 cm³/mol. The first kappa shape index (κ1) is 12.6. The molecule has 2 rings (SSSR count). The summed E-state index contributed by atoms with van der Waals surface area (Å²) >= 11 is 0.